The number of fused-ring (bicyclic) bond motifs is 3. The maximum absolute atomic E-state index is 5.16. The van der Waals surface area contributed by atoms with Crippen molar-refractivity contribution in [2.24, 2.45) is 0 Å². The molecule has 0 radical (unpaired) electrons. The van der Waals surface area contributed by atoms with Crippen molar-refractivity contribution >= 4 is 16.7 Å². The highest BCUT2D eigenvalue weighted by molar-refractivity contribution is 5.79. The van der Waals surface area contributed by atoms with Crippen molar-refractivity contribution in [3.8, 4) is 11.6 Å². The summed E-state index contributed by atoms with van der Waals surface area (Å²) in [5, 5.41) is 8.60. The molecule has 0 spiro atoms. The highest BCUT2D eigenvalue weighted by Gasteiger charge is 2.11. The molecule has 6 heteroatoms. The van der Waals surface area contributed by atoms with E-state index < -0.39 is 0 Å². The summed E-state index contributed by atoms with van der Waals surface area (Å²) < 4.78 is 7.09. The third-order valence-corrected chi connectivity index (χ3v) is 2.98. The lowest BCUT2D eigenvalue weighted by Gasteiger charge is -2.01. The maximum atomic E-state index is 5.16. The van der Waals surface area contributed by atoms with Crippen LogP contribution in [0.1, 0.15) is 5.56 Å². The molecule has 0 aliphatic carbocycles. The second-order valence-corrected chi connectivity index (χ2v) is 4.36. The van der Waals surface area contributed by atoms with Crippen LogP contribution in [0.2, 0.25) is 0 Å². The number of imidazole rings is 1. The Kier molecular flexibility index (Phi) is 1.94. The largest absolute Gasteiger partial charge is 0.422 e. The van der Waals surface area contributed by atoms with Gasteiger partial charge in [0.1, 0.15) is 17.0 Å². The summed E-state index contributed by atoms with van der Waals surface area (Å²) in [6.45, 7) is 2.02. The van der Waals surface area contributed by atoms with Gasteiger partial charge in [-0.1, -0.05) is 0 Å². The van der Waals surface area contributed by atoms with Crippen LogP contribution >= 0.6 is 0 Å². The van der Waals surface area contributed by atoms with Gasteiger partial charge in [0.05, 0.1) is 0 Å². The number of nitrogens with zero attached hydrogens (tertiary/aromatic N) is 5. The summed E-state index contributed by atoms with van der Waals surface area (Å²) in [5.41, 5.74) is 3.44. The minimum Gasteiger partial charge on any atom is -0.422 e. The van der Waals surface area contributed by atoms with Crippen LogP contribution in [0.15, 0.2) is 41.4 Å². The summed E-state index contributed by atoms with van der Waals surface area (Å²) in [4.78, 5) is 8.91. The SMILES string of the molecule is Cc1cnc2c(ccc3nc(-c4nnco4)cn32)c1. The second kappa shape index (κ2) is 3.61. The summed E-state index contributed by atoms with van der Waals surface area (Å²) >= 11 is 0. The molecule has 0 saturated heterocycles. The molecule has 0 bridgehead atoms. The van der Waals surface area contributed by atoms with Gasteiger partial charge in [-0.2, -0.15) is 0 Å². The number of aromatic nitrogens is 5. The summed E-state index contributed by atoms with van der Waals surface area (Å²) in [6.07, 6.45) is 4.99. The van der Waals surface area contributed by atoms with Crippen molar-refractivity contribution in [2.45, 2.75) is 6.92 Å². The van der Waals surface area contributed by atoms with Gasteiger partial charge in [-0.05, 0) is 30.7 Å². The standard InChI is InChI=1S/C13H9N5O/c1-8-4-9-2-3-11-16-10(13-17-15-7-19-13)6-18(11)12(9)14-5-8/h2-7H,1H3. The van der Waals surface area contributed by atoms with Gasteiger partial charge < -0.3 is 4.42 Å². The first-order valence-corrected chi connectivity index (χ1v) is 5.82. The molecule has 4 rings (SSSR count). The summed E-state index contributed by atoms with van der Waals surface area (Å²) in [5.74, 6) is 0.406. The molecule has 4 heterocycles. The first kappa shape index (κ1) is 10.2. The highest BCUT2D eigenvalue weighted by atomic mass is 16.4. The Morgan fingerprint density at radius 2 is 2.21 bits per heavy atom. The first-order chi connectivity index (χ1) is 9.31. The Morgan fingerprint density at radius 1 is 1.26 bits per heavy atom. The molecule has 4 aromatic heterocycles. The minimum atomic E-state index is 0.406. The average molecular weight is 251 g/mol. The Labute approximate surface area is 107 Å². The van der Waals surface area contributed by atoms with Crippen molar-refractivity contribution in [1.82, 2.24) is 24.6 Å². The summed E-state index contributed by atoms with van der Waals surface area (Å²) in [6, 6.07) is 6.05. The quantitative estimate of drug-likeness (QED) is 0.519. The van der Waals surface area contributed by atoms with Crippen molar-refractivity contribution in [3.05, 3.63) is 42.5 Å². The lowest BCUT2D eigenvalue weighted by atomic mass is 10.2. The molecule has 6 nitrogen and oxygen atoms in total. The smallest absolute Gasteiger partial charge is 0.267 e. The first-order valence-electron chi connectivity index (χ1n) is 5.82. The molecule has 4 aromatic rings. The van der Waals surface area contributed by atoms with Crippen LogP contribution in [0.5, 0.6) is 0 Å². The zero-order valence-corrected chi connectivity index (χ0v) is 10.1. The van der Waals surface area contributed by atoms with Crippen LogP contribution in [-0.4, -0.2) is 24.6 Å². The molecule has 0 aliphatic heterocycles. The maximum Gasteiger partial charge on any atom is 0.267 e. The zero-order valence-electron chi connectivity index (χ0n) is 10.1. The number of hydrogen-bond donors (Lipinski definition) is 0. The van der Waals surface area contributed by atoms with E-state index >= 15 is 0 Å². The Hall–Kier alpha value is -2.76. The van der Waals surface area contributed by atoms with Gasteiger partial charge in [0.2, 0.25) is 6.39 Å². The van der Waals surface area contributed by atoms with E-state index in [-0.39, 0.29) is 0 Å². The molecule has 0 N–H and O–H groups in total. The fraction of sp³-hybridized carbons (Fsp3) is 0.0769. The van der Waals surface area contributed by atoms with Crippen molar-refractivity contribution in [2.75, 3.05) is 0 Å². The van der Waals surface area contributed by atoms with E-state index in [0.29, 0.717) is 11.6 Å². The lowest BCUT2D eigenvalue weighted by Crippen LogP contribution is -1.90. The lowest BCUT2D eigenvalue weighted by molar-refractivity contribution is 0.567. The number of aryl methyl sites for hydroxylation is 1. The van der Waals surface area contributed by atoms with Gasteiger partial charge in [-0.3, -0.25) is 4.40 Å². The molecule has 92 valence electrons. The van der Waals surface area contributed by atoms with Crippen LogP contribution in [0, 0.1) is 6.92 Å². The molecule has 0 fully saturated rings. The normalized spacial score (nSPS) is 11.4. The third kappa shape index (κ3) is 1.50. The van der Waals surface area contributed by atoms with Crippen LogP contribution < -0.4 is 0 Å². The van der Waals surface area contributed by atoms with E-state index in [1.807, 2.05) is 35.9 Å². The Bertz CT molecular complexity index is 879. The molecule has 19 heavy (non-hydrogen) atoms. The average Bonchev–Trinajstić information content (AvgIpc) is 3.06. The number of rotatable bonds is 1. The molecule has 0 aromatic carbocycles. The minimum absolute atomic E-state index is 0.406. The molecule has 0 aliphatic rings. The van der Waals surface area contributed by atoms with Crippen molar-refractivity contribution in [1.29, 1.82) is 0 Å². The highest BCUT2D eigenvalue weighted by Crippen LogP contribution is 2.20. The predicted octanol–water partition coefficient (Wildman–Crippen LogP) is 2.24. The Balaban J connectivity index is 2.05. The van der Waals surface area contributed by atoms with Crippen molar-refractivity contribution < 1.29 is 4.42 Å². The zero-order chi connectivity index (χ0) is 12.8. The van der Waals surface area contributed by atoms with Crippen LogP contribution in [0.25, 0.3) is 28.3 Å². The van der Waals surface area contributed by atoms with Gasteiger partial charge in [-0.25, -0.2) is 9.97 Å². The molecule has 0 unspecified atom stereocenters. The number of pyridine rings is 2. The van der Waals surface area contributed by atoms with E-state index in [1.54, 1.807) is 0 Å². The van der Waals surface area contributed by atoms with Crippen LogP contribution in [-0.2, 0) is 0 Å². The predicted molar refractivity (Wildman–Crippen MR) is 68.5 cm³/mol. The number of hydrogen-bond acceptors (Lipinski definition) is 5. The molecule has 0 saturated carbocycles. The molecule has 0 atom stereocenters. The van der Waals surface area contributed by atoms with Gasteiger partial charge in [-0.15, -0.1) is 10.2 Å². The fourth-order valence-corrected chi connectivity index (χ4v) is 2.14. The van der Waals surface area contributed by atoms with Gasteiger partial charge in [0.15, 0.2) is 0 Å². The van der Waals surface area contributed by atoms with E-state index in [9.17, 15) is 0 Å². The molecular weight excluding hydrogens is 242 g/mol. The second-order valence-electron chi connectivity index (χ2n) is 4.36. The van der Waals surface area contributed by atoms with E-state index in [4.69, 9.17) is 4.42 Å². The monoisotopic (exact) mass is 251 g/mol. The van der Waals surface area contributed by atoms with E-state index in [1.165, 1.54) is 6.39 Å². The van der Waals surface area contributed by atoms with Gasteiger partial charge in [0, 0.05) is 17.8 Å². The van der Waals surface area contributed by atoms with Gasteiger partial charge >= 0.3 is 0 Å². The van der Waals surface area contributed by atoms with E-state index in [0.717, 1.165) is 22.2 Å². The van der Waals surface area contributed by atoms with Crippen LogP contribution in [0.4, 0.5) is 0 Å². The third-order valence-electron chi connectivity index (χ3n) is 2.98. The molecular formula is C13H9N5O. The Morgan fingerprint density at radius 3 is 3.05 bits per heavy atom. The van der Waals surface area contributed by atoms with Gasteiger partial charge in [0.25, 0.3) is 5.89 Å². The van der Waals surface area contributed by atoms with E-state index in [2.05, 4.69) is 26.2 Å². The topological polar surface area (TPSA) is 69.1 Å². The van der Waals surface area contributed by atoms with Crippen LogP contribution in [0.3, 0.4) is 0 Å². The summed E-state index contributed by atoms with van der Waals surface area (Å²) in [7, 11) is 0. The molecule has 0 amide bonds. The fourth-order valence-electron chi connectivity index (χ4n) is 2.14. The van der Waals surface area contributed by atoms with Crippen molar-refractivity contribution in [3.63, 3.8) is 0 Å².